The third kappa shape index (κ3) is 2.68. The highest BCUT2D eigenvalue weighted by molar-refractivity contribution is 5.97. The maximum atomic E-state index is 11.7. The van der Waals surface area contributed by atoms with Crippen molar-refractivity contribution in [2.45, 2.75) is 13.0 Å². The Hall–Kier alpha value is -2.26. The van der Waals surface area contributed by atoms with Gasteiger partial charge in [0.15, 0.2) is 6.10 Å². The molecule has 1 aliphatic heterocycles. The van der Waals surface area contributed by atoms with Gasteiger partial charge in [-0.05, 0) is 24.6 Å². The fourth-order valence-electron chi connectivity index (χ4n) is 2.20. The Morgan fingerprint density at radius 2 is 2.35 bits per heavy atom. The fraction of sp³-hybridized carbons (Fsp3) is 0.429. The number of methoxy groups -OCH3 is 1. The fourth-order valence-corrected chi connectivity index (χ4v) is 2.20. The SMILES string of the molecule is COC(=O)c1cc(N2CCOC(C#N)C2)cc(C)c1N. The molecule has 2 N–H and O–H groups in total. The van der Waals surface area contributed by atoms with E-state index in [-0.39, 0.29) is 0 Å². The molecular weight excluding hydrogens is 258 g/mol. The maximum absolute atomic E-state index is 11.7. The molecule has 1 aromatic carbocycles. The number of ether oxygens (including phenoxy) is 2. The molecule has 106 valence electrons. The monoisotopic (exact) mass is 275 g/mol. The molecule has 0 aliphatic carbocycles. The number of esters is 1. The van der Waals surface area contributed by atoms with Crippen LogP contribution in [0.5, 0.6) is 0 Å². The van der Waals surface area contributed by atoms with E-state index in [0.29, 0.717) is 30.9 Å². The average molecular weight is 275 g/mol. The van der Waals surface area contributed by atoms with E-state index in [0.717, 1.165) is 11.3 Å². The van der Waals surface area contributed by atoms with Crippen LogP contribution in [-0.4, -0.2) is 38.9 Å². The van der Waals surface area contributed by atoms with Crippen LogP contribution in [-0.2, 0) is 9.47 Å². The van der Waals surface area contributed by atoms with E-state index < -0.39 is 12.1 Å². The van der Waals surface area contributed by atoms with Gasteiger partial charge >= 0.3 is 5.97 Å². The van der Waals surface area contributed by atoms with E-state index in [9.17, 15) is 4.79 Å². The highest BCUT2D eigenvalue weighted by atomic mass is 16.5. The lowest BCUT2D eigenvalue weighted by atomic mass is 10.1. The van der Waals surface area contributed by atoms with Crippen LogP contribution in [0.25, 0.3) is 0 Å². The summed E-state index contributed by atoms with van der Waals surface area (Å²) in [5.74, 6) is -0.461. The molecular formula is C14H17N3O3. The number of nitrogens with zero attached hydrogens (tertiary/aromatic N) is 2. The molecule has 1 aromatic rings. The Balaban J connectivity index is 2.35. The minimum atomic E-state index is -0.461. The lowest BCUT2D eigenvalue weighted by molar-refractivity contribution is 0.0602. The number of anilines is 2. The summed E-state index contributed by atoms with van der Waals surface area (Å²) >= 11 is 0. The van der Waals surface area contributed by atoms with Gasteiger partial charge in [0.1, 0.15) is 0 Å². The van der Waals surface area contributed by atoms with Crippen LogP contribution in [0.2, 0.25) is 0 Å². The molecule has 0 aromatic heterocycles. The van der Waals surface area contributed by atoms with E-state index in [2.05, 4.69) is 6.07 Å². The first kappa shape index (κ1) is 14.2. The van der Waals surface area contributed by atoms with Crippen LogP contribution in [0.3, 0.4) is 0 Å². The van der Waals surface area contributed by atoms with E-state index >= 15 is 0 Å². The molecule has 1 atom stereocenters. The minimum Gasteiger partial charge on any atom is -0.465 e. The number of nitrogens with two attached hydrogens (primary N) is 1. The summed E-state index contributed by atoms with van der Waals surface area (Å²) < 4.78 is 10.1. The topological polar surface area (TPSA) is 88.6 Å². The number of aryl methyl sites for hydroxylation is 1. The molecule has 1 aliphatic rings. The van der Waals surface area contributed by atoms with Crippen LogP contribution < -0.4 is 10.6 Å². The van der Waals surface area contributed by atoms with Crippen LogP contribution in [0.15, 0.2) is 12.1 Å². The maximum Gasteiger partial charge on any atom is 0.340 e. The van der Waals surface area contributed by atoms with Crippen molar-refractivity contribution in [2.24, 2.45) is 0 Å². The summed E-state index contributed by atoms with van der Waals surface area (Å²) in [4.78, 5) is 13.8. The van der Waals surface area contributed by atoms with Crippen molar-refractivity contribution in [2.75, 3.05) is 37.4 Å². The van der Waals surface area contributed by atoms with Crippen molar-refractivity contribution >= 4 is 17.3 Å². The molecule has 0 radical (unpaired) electrons. The zero-order chi connectivity index (χ0) is 14.7. The molecule has 2 rings (SSSR count). The summed E-state index contributed by atoms with van der Waals surface area (Å²) in [5.41, 5.74) is 8.34. The number of benzene rings is 1. The number of rotatable bonds is 2. The molecule has 1 fully saturated rings. The van der Waals surface area contributed by atoms with Gasteiger partial charge in [0.2, 0.25) is 0 Å². The van der Waals surface area contributed by atoms with Crippen molar-refractivity contribution in [3.8, 4) is 6.07 Å². The summed E-state index contributed by atoms with van der Waals surface area (Å²) in [6, 6.07) is 5.70. The van der Waals surface area contributed by atoms with Crippen LogP contribution in [0.4, 0.5) is 11.4 Å². The van der Waals surface area contributed by atoms with Crippen LogP contribution in [0, 0.1) is 18.3 Å². The molecule has 6 nitrogen and oxygen atoms in total. The second-order valence-corrected chi connectivity index (χ2v) is 4.65. The highest BCUT2D eigenvalue weighted by Crippen LogP contribution is 2.27. The number of carbonyl (C=O) groups excluding carboxylic acids is 1. The molecule has 0 amide bonds. The number of carbonyl (C=O) groups is 1. The van der Waals surface area contributed by atoms with Gasteiger partial charge < -0.3 is 20.1 Å². The third-order valence-electron chi connectivity index (χ3n) is 3.35. The Morgan fingerprint density at radius 3 is 3.00 bits per heavy atom. The Bertz CT molecular complexity index is 566. The zero-order valence-electron chi connectivity index (χ0n) is 11.5. The van der Waals surface area contributed by atoms with E-state index in [1.807, 2.05) is 17.9 Å². The Labute approximate surface area is 117 Å². The number of hydrogen-bond donors (Lipinski definition) is 1. The van der Waals surface area contributed by atoms with Crippen LogP contribution in [0.1, 0.15) is 15.9 Å². The van der Waals surface area contributed by atoms with E-state index in [1.54, 1.807) is 6.07 Å². The van der Waals surface area contributed by atoms with Gasteiger partial charge in [0.05, 0.1) is 31.9 Å². The number of hydrogen-bond acceptors (Lipinski definition) is 6. The highest BCUT2D eigenvalue weighted by Gasteiger charge is 2.22. The van der Waals surface area contributed by atoms with E-state index in [4.69, 9.17) is 20.5 Å². The minimum absolute atomic E-state index is 0.350. The van der Waals surface area contributed by atoms with Gasteiger partial charge in [-0.25, -0.2) is 4.79 Å². The molecule has 1 unspecified atom stereocenters. The largest absolute Gasteiger partial charge is 0.465 e. The zero-order valence-corrected chi connectivity index (χ0v) is 11.5. The molecule has 6 heteroatoms. The predicted octanol–water partition coefficient (Wildman–Crippen LogP) is 1.09. The van der Waals surface area contributed by atoms with E-state index in [1.165, 1.54) is 7.11 Å². The van der Waals surface area contributed by atoms with Crippen molar-refractivity contribution in [3.05, 3.63) is 23.3 Å². The molecule has 0 spiro atoms. The lowest BCUT2D eigenvalue weighted by Crippen LogP contribution is -2.42. The molecule has 1 saturated heterocycles. The molecule has 0 saturated carbocycles. The van der Waals surface area contributed by atoms with Gasteiger partial charge in [0, 0.05) is 17.9 Å². The Morgan fingerprint density at radius 1 is 1.60 bits per heavy atom. The van der Waals surface area contributed by atoms with Crippen molar-refractivity contribution in [1.82, 2.24) is 0 Å². The average Bonchev–Trinajstić information content (AvgIpc) is 2.49. The second kappa shape index (κ2) is 5.80. The molecule has 1 heterocycles. The number of nitriles is 1. The lowest BCUT2D eigenvalue weighted by Gasteiger charge is -2.32. The van der Waals surface area contributed by atoms with Crippen molar-refractivity contribution < 1.29 is 14.3 Å². The van der Waals surface area contributed by atoms with Crippen molar-refractivity contribution in [1.29, 1.82) is 5.26 Å². The first-order chi connectivity index (χ1) is 9.56. The van der Waals surface area contributed by atoms with Gasteiger partial charge in [-0.15, -0.1) is 0 Å². The number of morpholine rings is 1. The smallest absolute Gasteiger partial charge is 0.340 e. The van der Waals surface area contributed by atoms with Gasteiger partial charge in [-0.1, -0.05) is 0 Å². The second-order valence-electron chi connectivity index (χ2n) is 4.65. The third-order valence-corrected chi connectivity index (χ3v) is 3.35. The first-order valence-corrected chi connectivity index (χ1v) is 6.31. The summed E-state index contributed by atoms with van der Waals surface area (Å²) in [6.45, 7) is 3.46. The summed E-state index contributed by atoms with van der Waals surface area (Å²) in [7, 11) is 1.32. The molecule has 0 bridgehead atoms. The Kier molecular flexibility index (Phi) is 4.11. The summed E-state index contributed by atoms with van der Waals surface area (Å²) in [6.07, 6.45) is -0.455. The standard InChI is InChI=1S/C14H17N3O3/c1-9-5-10(6-12(13(9)16)14(18)19-2)17-3-4-20-11(7-15)8-17/h5-6,11H,3-4,8,16H2,1-2H3. The first-order valence-electron chi connectivity index (χ1n) is 6.31. The predicted molar refractivity (Wildman–Crippen MR) is 74.5 cm³/mol. The molecule has 20 heavy (non-hydrogen) atoms. The number of nitrogen functional groups attached to an aromatic ring is 1. The van der Waals surface area contributed by atoms with Gasteiger partial charge in [-0.3, -0.25) is 0 Å². The van der Waals surface area contributed by atoms with Crippen molar-refractivity contribution in [3.63, 3.8) is 0 Å². The van der Waals surface area contributed by atoms with Crippen LogP contribution >= 0.6 is 0 Å². The quantitative estimate of drug-likeness (QED) is 0.642. The normalized spacial score (nSPS) is 18.4. The van der Waals surface area contributed by atoms with Gasteiger partial charge in [0.25, 0.3) is 0 Å². The van der Waals surface area contributed by atoms with Gasteiger partial charge in [-0.2, -0.15) is 5.26 Å². The summed E-state index contributed by atoms with van der Waals surface area (Å²) in [5, 5.41) is 8.94.